The van der Waals surface area contributed by atoms with Crippen molar-refractivity contribution in [3.63, 3.8) is 0 Å². The first-order valence-electron chi connectivity index (χ1n) is 10.7. The van der Waals surface area contributed by atoms with E-state index >= 15 is 0 Å². The monoisotopic (exact) mass is 479 g/mol. The van der Waals surface area contributed by atoms with Gasteiger partial charge in [0.2, 0.25) is 15.9 Å². The zero-order chi connectivity index (χ0) is 24.8. The summed E-state index contributed by atoms with van der Waals surface area (Å²) in [5, 5.41) is 2.91. The van der Waals surface area contributed by atoms with Crippen LogP contribution in [0.1, 0.15) is 32.8 Å². The van der Waals surface area contributed by atoms with Gasteiger partial charge in [-0.1, -0.05) is 20.8 Å². The van der Waals surface area contributed by atoms with Crippen LogP contribution in [0, 0.1) is 11.2 Å². The minimum absolute atomic E-state index is 0.000964. The number of nitrogens with zero attached hydrogens (tertiary/aromatic N) is 2. The molecule has 0 unspecified atom stereocenters. The van der Waals surface area contributed by atoms with Crippen molar-refractivity contribution in [2.24, 2.45) is 5.41 Å². The maximum absolute atomic E-state index is 13.4. The molecule has 0 saturated heterocycles. The summed E-state index contributed by atoms with van der Waals surface area (Å²) >= 11 is 0. The highest BCUT2D eigenvalue weighted by Gasteiger charge is 2.26. The van der Waals surface area contributed by atoms with Crippen LogP contribution in [0.2, 0.25) is 0 Å². The molecular weight excluding hydrogens is 445 g/mol. The number of anilines is 2. The summed E-state index contributed by atoms with van der Waals surface area (Å²) in [5.74, 6) is -0.618. The van der Waals surface area contributed by atoms with Crippen molar-refractivity contribution in [3.05, 3.63) is 53.8 Å². The number of amides is 1. The second-order valence-corrected chi connectivity index (χ2v) is 11.2. The van der Waals surface area contributed by atoms with Gasteiger partial charge in [-0.2, -0.15) is 4.31 Å². The van der Waals surface area contributed by atoms with Gasteiger partial charge in [-0.15, -0.1) is 0 Å². The maximum Gasteiger partial charge on any atom is 0.243 e. The normalized spacial score (nSPS) is 12.1. The van der Waals surface area contributed by atoms with Crippen molar-refractivity contribution in [2.75, 3.05) is 44.6 Å². The van der Waals surface area contributed by atoms with Gasteiger partial charge < -0.3 is 15.0 Å². The van der Waals surface area contributed by atoms with Gasteiger partial charge in [0, 0.05) is 52.1 Å². The van der Waals surface area contributed by atoms with Gasteiger partial charge in [-0.25, -0.2) is 12.8 Å². The molecule has 2 aromatic carbocycles. The smallest absolute Gasteiger partial charge is 0.243 e. The molecule has 0 atom stereocenters. The van der Waals surface area contributed by atoms with E-state index in [9.17, 15) is 17.6 Å². The highest BCUT2D eigenvalue weighted by atomic mass is 32.2. The molecule has 0 aliphatic heterocycles. The quantitative estimate of drug-likeness (QED) is 0.555. The van der Waals surface area contributed by atoms with Gasteiger partial charge in [0.25, 0.3) is 0 Å². The van der Waals surface area contributed by atoms with E-state index < -0.39 is 15.8 Å². The molecule has 0 bridgehead atoms. The number of sulfonamides is 1. The highest BCUT2D eigenvalue weighted by Crippen LogP contribution is 2.28. The number of benzene rings is 2. The van der Waals surface area contributed by atoms with Gasteiger partial charge in [-0.05, 0) is 53.4 Å². The third-order valence-electron chi connectivity index (χ3n) is 4.88. The predicted octanol–water partition coefficient (Wildman–Crippen LogP) is 4.10. The molecule has 0 saturated carbocycles. The van der Waals surface area contributed by atoms with E-state index in [0.29, 0.717) is 12.1 Å². The predicted molar refractivity (Wildman–Crippen MR) is 129 cm³/mol. The molecule has 0 fully saturated rings. The second kappa shape index (κ2) is 11.1. The van der Waals surface area contributed by atoms with Crippen LogP contribution in [0.3, 0.4) is 0 Å². The maximum atomic E-state index is 13.4. The van der Waals surface area contributed by atoms with E-state index in [-0.39, 0.29) is 35.9 Å². The Morgan fingerprint density at radius 1 is 1.09 bits per heavy atom. The Morgan fingerprint density at radius 2 is 1.73 bits per heavy atom. The van der Waals surface area contributed by atoms with Crippen molar-refractivity contribution in [3.8, 4) is 0 Å². The van der Waals surface area contributed by atoms with Crippen molar-refractivity contribution < 1.29 is 22.3 Å². The first-order chi connectivity index (χ1) is 15.3. The van der Waals surface area contributed by atoms with Crippen LogP contribution >= 0.6 is 0 Å². The molecule has 182 valence electrons. The van der Waals surface area contributed by atoms with Gasteiger partial charge in [0.15, 0.2) is 0 Å². The van der Waals surface area contributed by atoms with Crippen molar-refractivity contribution in [2.45, 2.75) is 38.6 Å². The Bertz CT molecular complexity index is 1050. The molecule has 2 aromatic rings. The number of halogens is 1. The molecule has 0 aliphatic carbocycles. The second-order valence-electron chi connectivity index (χ2n) is 9.31. The standard InChI is InChI=1S/C24H34FN3O4S/c1-24(2,3)16-23(29)26-20-9-12-22(27(4)5)18(15-20)17-28(13-14-32-6)33(30,31)21-10-7-19(25)8-11-21/h7-12,15H,13-14,16-17H2,1-6H3,(H,26,29). The fourth-order valence-corrected chi connectivity index (χ4v) is 4.74. The van der Waals surface area contributed by atoms with Gasteiger partial charge in [-0.3, -0.25) is 4.79 Å². The van der Waals surface area contributed by atoms with E-state index in [4.69, 9.17) is 4.74 Å². The first kappa shape index (κ1) is 26.8. The molecule has 0 radical (unpaired) electrons. The lowest BCUT2D eigenvalue weighted by Crippen LogP contribution is -2.34. The molecule has 7 nitrogen and oxygen atoms in total. The van der Waals surface area contributed by atoms with Crippen molar-refractivity contribution in [1.29, 1.82) is 0 Å². The van der Waals surface area contributed by atoms with E-state index in [0.717, 1.165) is 23.4 Å². The average molecular weight is 480 g/mol. The summed E-state index contributed by atoms with van der Waals surface area (Å²) in [4.78, 5) is 14.3. The number of ether oxygens (including phenoxy) is 1. The summed E-state index contributed by atoms with van der Waals surface area (Å²) in [6.07, 6.45) is 0.358. The number of methoxy groups -OCH3 is 1. The van der Waals surface area contributed by atoms with Crippen LogP contribution in [0.4, 0.5) is 15.8 Å². The van der Waals surface area contributed by atoms with Gasteiger partial charge in [0.05, 0.1) is 11.5 Å². The minimum atomic E-state index is -3.91. The van der Waals surface area contributed by atoms with E-state index in [1.807, 2.05) is 45.8 Å². The fraction of sp³-hybridized carbons (Fsp3) is 0.458. The Kier molecular flexibility index (Phi) is 8.99. The Morgan fingerprint density at radius 3 is 2.27 bits per heavy atom. The SMILES string of the molecule is COCCN(Cc1cc(NC(=O)CC(C)(C)C)ccc1N(C)C)S(=O)(=O)c1ccc(F)cc1. The molecule has 9 heteroatoms. The fourth-order valence-electron chi connectivity index (χ4n) is 3.34. The van der Waals surface area contributed by atoms with Crippen LogP contribution in [-0.2, 0) is 26.1 Å². The molecule has 2 rings (SSSR count). The summed E-state index contributed by atoms with van der Waals surface area (Å²) in [6.45, 7) is 6.33. The molecular formula is C24H34FN3O4S. The molecule has 0 aliphatic rings. The van der Waals surface area contributed by atoms with Crippen LogP contribution in [0.15, 0.2) is 47.4 Å². The zero-order valence-corrected chi connectivity index (χ0v) is 21.0. The Hall–Kier alpha value is -2.49. The van der Waals surface area contributed by atoms with Crippen LogP contribution < -0.4 is 10.2 Å². The van der Waals surface area contributed by atoms with Crippen LogP contribution in [0.25, 0.3) is 0 Å². The lowest BCUT2D eigenvalue weighted by Gasteiger charge is -2.26. The van der Waals surface area contributed by atoms with E-state index in [1.54, 1.807) is 12.1 Å². The Labute approximate surface area is 196 Å². The summed E-state index contributed by atoms with van der Waals surface area (Å²) in [5.41, 5.74) is 1.98. The van der Waals surface area contributed by atoms with E-state index in [1.165, 1.54) is 23.5 Å². The van der Waals surface area contributed by atoms with Crippen LogP contribution in [0.5, 0.6) is 0 Å². The lowest BCUT2D eigenvalue weighted by molar-refractivity contribution is -0.117. The van der Waals surface area contributed by atoms with Gasteiger partial charge in [0.1, 0.15) is 5.82 Å². The molecule has 0 aromatic heterocycles. The van der Waals surface area contributed by atoms with Crippen molar-refractivity contribution >= 4 is 27.3 Å². The van der Waals surface area contributed by atoms with E-state index in [2.05, 4.69) is 5.32 Å². The van der Waals surface area contributed by atoms with Crippen LogP contribution in [-0.4, -0.2) is 53.0 Å². The molecule has 0 spiro atoms. The molecule has 1 N–H and O–H groups in total. The third kappa shape index (κ3) is 7.80. The minimum Gasteiger partial charge on any atom is -0.383 e. The zero-order valence-electron chi connectivity index (χ0n) is 20.2. The summed E-state index contributed by atoms with van der Waals surface area (Å²) < 4.78 is 46.4. The number of hydrogen-bond donors (Lipinski definition) is 1. The topological polar surface area (TPSA) is 79.0 Å². The molecule has 1 amide bonds. The number of nitrogens with one attached hydrogen (secondary N) is 1. The van der Waals surface area contributed by atoms with Gasteiger partial charge >= 0.3 is 0 Å². The lowest BCUT2D eigenvalue weighted by atomic mass is 9.92. The molecule has 0 heterocycles. The number of hydrogen-bond acceptors (Lipinski definition) is 5. The summed E-state index contributed by atoms with van der Waals surface area (Å²) in [7, 11) is 1.32. The third-order valence-corrected chi connectivity index (χ3v) is 6.74. The Balaban J connectivity index is 2.41. The largest absolute Gasteiger partial charge is 0.383 e. The molecule has 33 heavy (non-hydrogen) atoms. The number of carbonyl (C=O) groups excluding carboxylic acids is 1. The summed E-state index contributed by atoms with van der Waals surface area (Å²) in [6, 6.07) is 10.2. The highest BCUT2D eigenvalue weighted by molar-refractivity contribution is 7.89. The van der Waals surface area contributed by atoms with Crippen molar-refractivity contribution in [1.82, 2.24) is 4.31 Å². The average Bonchev–Trinajstić information content (AvgIpc) is 2.69. The first-order valence-corrected chi connectivity index (χ1v) is 12.1. The number of carbonyl (C=O) groups is 1. The number of rotatable bonds is 10.